The molecule has 2 heterocycles. The molecule has 0 unspecified atom stereocenters. The summed E-state index contributed by atoms with van der Waals surface area (Å²) in [5, 5.41) is 2.97. The summed E-state index contributed by atoms with van der Waals surface area (Å²) >= 11 is 0. The van der Waals surface area contributed by atoms with Crippen molar-refractivity contribution in [2.75, 3.05) is 39.0 Å². The number of amides is 2. The van der Waals surface area contributed by atoms with Crippen LogP contribution in [0.4, 0.5) is 10.5 Å². The van der Waals surface area contributed by atoms with E-state index in [0.717, 1.165) is 49.8 Å². The first kappa shape index (κ1) is 16.7. The van der Waals surface area contributed by atoms with Crippen LogP contribution in [0.15, 0.2) is 18.3 Å². The van der Waals surface area contributed by atoms with Crippen molar-refractivity contribution >= 4 is 11.7 Å². The quantitative estimate of drug-likeness (QED) is 0.910. The fourth-order valence-corrected chi connectivity index (χ4v) is 2.95. The number of likely N-dealkylation sites (tertiary alicyclic amines) is 1. The zero-order valence-corrected chi connectivity index (χ0v) is 14.0. The Bertz CT molecular complexity index is 481. The van der Waals surface area contributed by atoms with E-state index in [1.54, 1.807) is 6.20 Å². The molecule has 0 spiro atoms. The molecule has 1 saturated heterocycles. The molecule has 22 heavy (non-hydrogen) atoms. The molecule has 0 radical (unpaired) electrons. The first-order chi connectivity index (χ1) is 10.5. The molecule has 1 aliphatic heterocycles. The number of pyridine rings is 1. The number of hydrogen-bond acceptors (Lipinski definition) is 3. The third-order valence-electron chi connectivity index (χ3n) is 4.27. The summed E-state index contributed by atoms with van der Waals surface area (Å²) in [4.78, 5) is 20.6. The van der Waals surface area contributed by atoms with Crippen molar-refractivity contribution in [3.63, 3.8) is 0 Å². The third kappa shape index (κ3) is 5.30. The van der Waals surface area contributed by atoms with Crippen molar-refractivity contribution in [3.05, 3.63) is 24.0 Å². The summed E-state index contributed by atoms with van der Waals surface area (Å²) in [6.45, 7) is 4.81. The topological polar surface area (TPSA) is 48.5 Å². The lowest BCUT2D eigenvalue weighted by atomic mass is 9.92. The number of nitrogens with zero attached hydrogens (tertiary/aromatic N) is 3. The highest BCUT2D eigenvalue weighted by Crippen LogP contribution is 2.22. The monoisotopic (exact) mass is 304 g/mol. The highest BCUT2D eigenvalue weighted by molar-refractivity contribution is 5.89. The predicted molar refractivity (Wildman–Crippen MR) is 90.1 cm³/mol. The molecule has 0 aromatic carbocycles. The maximum absolute atomic E-state index is 12.3. The van der Waals surface area contributed by atoms with Gasteiger partial charge in [0.15, 0.2) is 0 Å². The zero-order chi connectivity index (χ0) is 15.9. The van der Waals surface area contributed by atoms with Gasteiger partial charge in [-0.2, -0.15) is 0 Å². The molecule has 2 amide bonds. The van der Waals surface area contributed by atoms with Crippen molar-refractivity contribution < 1.29 is 4.79 Å². The molecule has 5 nitrogen and oxygen atoms in total. The Hall–Kier alpha value is -1.62. The molecule has 0 bridgehead atoms. The van der Waals surface area contributed by atoms with E-state index in [4.69, 9.17) is 0 Å². The summed E-state index contributed by atoms with van der Waals surface area (Å²) in [5.74, 6) is 0.771. The summed E-state index contributed by atoms with van der Waals surface area (Å²) in [5.41, 5.74) is 1.74. The number of rotatable bonds is 5. The number of urea groups is 1. The number of aryl methyl sites for hydroxylation is 1. The number of piperidine rings is 1. The van der Waals surface area contributed by atoms with Gasteiger partial charge in [0.25, 0.3) is 0 Å². The van der Waals surface area contributed by atoms with E-state index in [2.05, 4.69) is 29.3 Å². The number of anilines is 1. The normalized spacial score (nSPS) is 16.1. The fraction of sp³-hybridized carbons (Fsp3) is 0.647. The maximum Gasteiger partial charge on any atom is 0.321 e. The van der Waals surface area contributed by atoms with E-state index in [0.29, 0.717) is 0 Å². The van der Waals surface area contributed by atoms with Crippen LogP contribution >= 0.6 is 0 Å². The number of carbonyl (C=O) groups excluding carboxylic acids is 1. The standard InChI is InChI=1S/C17H28N4O/c1-14-13-16(6-9-18-14)19-17(22)21-11-7-15(8-12-21)5-4-10-20(2)3/h6,9,13,15H,4-5,7-8,10-12H2,1-3H3,(H,18,19,22). The lowest BCUT2D eigenvalue weighted by Crippen LogP contribution is -2.41. The molecular weight excluding hydrogens is 276 g/mol. The van der Waals surface area contributed by atoms with Gasteiger partial charge < -0.3 is 15.1 Å². The third-order valence-corrected chi connectivity index (χ3v) is 4.27. The van der Waals surface area contributed by atoms with Crippen molar-refractivity contribution in [3.8, 4) is 0 Å². The van der Waals surface area contributed by atoms with Crippen LogP contribution in [0.1, 0.15) is 31.4 Å². The minimum atomic E-state index is 0.0114. The molecule has 1 aliphatic rings. The number of nitrogens with one attached hydrogen (secondary N) is 1. The Kier molecular flexibility index (Phi) is 6.19. The minimum Gasteiger partial charge on any atom is -0.325 e. The van der Waals surface area contributed by atoms with Gasteiger partial charge in [-0.05, 0) is 71.3 Å². The van der Waals surface area contributed by atoms with Gasteiger partial charge in [0, 0.05) is 30.7 Å². The summed E-state index contributed by atoms with van der Waals surface area (Å²) < 4.78 is 0. The Balaban J connectivity index is 1.73. The second-order valence-corrected chi connectivity index (χ2v) is 6.49. The van der Waals surface area contributed by atoms with E-state index in [1.807, 2.05) is 24.0 Å². The van der Waals surface area contributed by atoms with Crippen molar-refractivity contribution in [2.45, 2.75) is 32.6 Å². The lowest BCUT2D eigenvalue weighted by Gasteiger charge is -2.32. The largest absolute Gasteiger partial charge is 0.325 e. The van der Waals surface area contributed by atoms with Crippen molar-refractivity contribution in [1.29, 1.82) is 0 Å². The van der Waals surface area contributed by atoms with E-state index in [9.17, 15) is 4.79 Å². The van der Waals surface area contributed by atoms with Crippen LogP contribution in [0.25, 0.3) is 0 Å². The zero-order valence-electron chi connectivity index (χ0n) is 14.0. The molecule has 1 fully saturated rings. The number of carbonyl (C=O) groups is 1. The highest BCUT2D eigenvalue weighted by atomic mass is 16.2. The molecule has 0 saturated carbocycles. The van der Waals surface area contributed by atoms with Gasteiger partial charge in [-0.3, -0.25) is 4.98 Å². The fourth-order valence-electron chi connectivity index (χ4n) is 2.95. The molecule has 1 N–H and O–H groups in total. The van der Waals surface area contributed by atoms with E-state index >= 15 is 0 Å². The van der Waals surface area contributed by atoms with Crippen molar-refractivity contribution in [2.24, 2.45) is 5.92 Å². The van der Waals surface area contributed by atoms with Gasteiger partial charge in [-0.1, -0.05) is 0 Å². The Morgan fingerprint density at radius 1 is 1.41 bits per heavy atom. The molecule has 122 valence electrons. The van der Waals surface area contributed by atoms with Gasteiger partial charge >= 0.3 is 6.03 Å². The first-order valence-electron chi connectivity index (χ1n) is 8.18. The van der Waals surface area contributed by atoms with Crippen molar-refractivity contribution in [1.82, 2.24) is 14.8 Å². The summed E-state index contributed by atoms with van der Waals surface area (Å²) in [6.07, 6.45) is 6.49. The van der Waals surface area contributed by atoms with Crippen LogP contribution in [-0.4, -0.2) is 54.5 Å². The summed E-state index contributed by atoms with van der Waals surface area (Å²) in [7, 11) is 4.24. The average Bonchev–Trinajstić information content (AvgIpc) is 2.47. The molecule has 1 aromatic heterocycles. The van der Waals surface area contributed by atoms with E-state index in [1.165, 1.54) is 12.8 Å². The maximum atomic E-state index is 12.3. The molecule has 1 aromatic rings. The summed E-state index contributed by atoms with van der Waals surface area (Å²) in [6, 6.07) is 3.74. The SMILES string of the molecule is Cc1cc(NC(=O)N2CCC(CCCN(C)C)CC2)ccn1. The number of hydrogen-bond donors (Lipinski definition) is 1. The predicted octanol–water partition coefficient (Wildman–Crippen LogP) is 2.98. The van der Waals surface area contributed by atoms with Crippen LogP contribution in [0.3, 0.4) is 0 Å². The minimum absolute atomic E-state index is 0.0114. The Labute approximate surface area is 133 Å². The van der Waals surface area contributed by atoms with Crippen LogP contribution in [0.5, 0.6) is 0 Å². The van der Waals surface area contributed by atoms with Gasteiger partial charge in [-0.15, -0.1) is 0 Å². The smallest absolute Gasteiger partial charge is 0.321 e. The number of aromatic nitrogens is 1. The van der Waals surface area contributed by atoms with E-state index in [-0.39, 0.29) is 6.03 Å². The highest BCUT2D eigenvalue weighted by Gasteiger charge is 2.22. The lowest BCUT2D eigenvalue weighted by molar-refractivity contribution is 0.178. The molecule has 0 atom stereocenters. The molecule has 2 rings (SSSR count). The van der Waals surface area contributed by atoms with Crippen LogP contribution in [0.2, 0.25) is 0 Å². The second kappa shape index (κ2) is 8.13. The average molecular weight is 304 g/mol. The Morgan fingerprint density at radius 3 is 2.77 bits per heavy atom. The van der Waals surface area contributed by atoms with Gasteiger partial charge in [0.05, 0.1) is 0 Å². The van der Waals surface area contributed by atoms with Crippen LogP contribution < -0.4 is 5.32 Å². The van der Waals surface area contributed by atoms with Gasteiger partial charge in [0.1, 0.15) is 0 Å². The second-order valence-electron chi connectivity index (χ2n) is 6.49. The van der Waals surface area contributed by atoms with Crippen LogP contribution in [-0.2, 0) is 0 Å². The Morgan fingerprint density at radius 2 is 2.14 bits per heavy atom. The molecular formula is C17H28N4O. The van der Waals surface area contributed by atoms with Gasteiger partial charge in [0.2, 0.25) is 0 Å². The van der Waals surface area contributed by atoms with Gasteiger partial charge in [-0.25, -0.2) is 4.79 Å². The first-order valence-corrected chi connectivity index (χ1v) is 8.18. The van der Waals surface area contributed by atoms with E-state index < -0.39 is 0 Å². The van der Waals surface area contributed by atoms with Crippen LogP contribution in [0, 0.1) is 12.8 Å². The molecule has 5 heteroatoms. The molecule has 0 aliphatic carbocycles.